The quantitative estimate of drug-likeness (QED) is 0.579. The highest BCUT2D eigenvalue weighted by atomic mass is 16.4. The fourth-order valence-corrected chi connectivity index (χ4v) is 2.47. The van der Waals surface area contributed by atoms with Gasteiger partial charge in [0.05, 0.1) is 6.26 Å². The fourth-order valence-electron chi connectivity index (χ4n) is 2.47. The predicted octanol–water partition coefficient (Wildman–Crippen LogP) is 3.95. The number of aromatic hydroxyl groups is 1. The van der Waals surface area contributed by atoms with Crippen molar-refractivity contribution in [2.24, 2.45) is 0 Å². The van der Waals surface area contributed by atoms with Crippen LogP contribution < -0.4 is 5.32 Å². The molecular weight excluding hydrogens is 334 g/mol. The van der Waals surface area contributed by atoms with Crippen LogP contribution in [0.1, 0.15) is 10.4 Å². The van der Waals surface area contributed by atoms with Gasteiger partial charge in [0.15, 0.2) is 5.76 Å². The van der Waals surface area contributed by atoms with Gasteiger partial charge in [0.2, 0.25) is 0 Å². The second kappa shape index (κ2) is 6.56. The molecule has 0 aliphatic rings. The van der Waals surface area contributed by atoms with Crippen molar-refractivity contribution in [3.63, 3.8) is 0 Å². The Kier molecular flexibility index (Phi) is 3.95. The highest BCUT2D eigenvalue weighted by Gasteiger charge is 2.14. The number of amides is 1. The molecule has 2 aromatic carbocycles. The van der Waals surface area contributed by atoms with Gasteiger partial charge in [-0.2, -0.15) is 0 Å². The Morgan fingerprint density at radius 2 is 1.77 bits per heavy atom. The first-order valence-corrected chi connectivity index (χ1v) is 7.77. The molecule has 0 unspecified atom stereocenters. The summed E-state index contributed by atoms with van der Waals surface area (Å²) < 4.78 is 10.5. The Morgan fingerprint density at radius 3 is 2.54 bits per heavy atom. The number of phenolic OH excluding ortho intramolecular Hbond substituents is 1. The van der Waals surface area contributed by atoms with Gasteiger partial charge >= 0.3 is 6.01 Å². The fraction of sp³-hybridized carbons (Fsp3) is 0. The van der Waals surface area contributed by atoms with E-state index >= 15 is 0 Å². The molecule has 0 spiro atoms. The maximum absolute atomic E-state index is 12.4. The van der Waals surface area contributed by atoms with Gasteiger partial charge in [0.25, 0.3) is 11.8 Å². The van der Waals surface area contributed by atoms with Gasteiger partial charge in [0, 0.05) is 5.56 Å². The summed E-state index contributed by atoms with van der Waals surface area (Å²) in [4.78, 5) is 12.4. The molecule has 0 saturated carbocycles. The lowest BCUT2D eigenvalue weighted by atomic mass is 10.0. The normalized spacial score (nSPS) is 10.6. The molecule has 0 aliphatic heterocycles. The Bertz CT molecular complexity index is 1050. The largest absolute Gasteiger partial charge is 0.508 e. The number of carbonyl (C=O) groups excluding carboxylic acids is 1. The summed E-state index contributed by atoms with van der Waals surface area (Å²) in [5.74, 6) is 0.373. The van der Waals surface area contributed by atoms with E-state index < -0.39 is 0 Å². The molecule has 1 amide bonds. The maximum atomic E-state index is 12.4. The third-order valence-corrected chi connectivity index (χ3v) is 3.68. The summed E-state index contributed by atoms with van der Waals surface area (Å²) in [5.41, 5.74) is 2.02. The molecule has 0 atom stereocenters. The maximum Gasteiger partial charge on any atom is 0.322 e. The molecule has 0 bridgehead atoms. The van der Waals surface area contributed by atoms with E-state index in [9.17, 15) is 9.90 Å². The van der Waals surface area contributed by atoms with E-state index in [-0.39, 0.29) is 23.6 Å². The monoisotopic (exact) mass is 347 g/mol. The topological polar surface area (TPSA) is 101 Å². The van der Waals surface area contributed by atoms with Crippen molar-refractivity contribution in [1.82, 2.24) is 10.2 Å². The van der Waals surface area contributed by atoms with E-state index in [1.165, 1.54) is 6.26 Å². The summed E-state index contributed by atoms with van der Waals surface area (Å²) in [6.45, 7) is 0. The minimum absolute atomic E-state index is 0.0239. The standard InChI is InChI=1S/C19H13N3O4/c23-15-7-2-5-13(11-15)12-4-1-6-14(10-12)17(24)20-19-22-21-18(26-19)16-8-3-9-25-16/h1-11,23H,(H,20,22,24). The molecule has 0 saturated heterocycles. The number of hydrogen-bond acceptors (Lipinski definition) is 6. The van der Waals surface area contributed by atoms with Crippen molar-refractivity contribution in [2.75, 3.05) is 5.32 Å². The summed E-state index contributed by atoms with van der Waals surface area (Å²) in [7, 11) is 0. The molecule has 4 rings (SSSR count). The molecule has 0 aliphatic carbocycles. The minimum Gasteiger partial charge on any atom is -0.508 e. The second-order valence-corrected chi connectivity index (χ2v) is 5.47. The Labute approximate surface area is 147 Å². The van der Waals surface area contributed by atoms with E-state index in [1.807, 2.05) is 12.1 Å². The van der Waals surface area contributed by atoms with Crippen LogP contribution in [0.3, 0.4) is 0 Å². The molecular formula is C19H13N3O4. The average molecular weight is 347 g/mol. The van der Waals surface area contributed by atoms with Crippen LogP contribution in [0.4, 0.5) is 6.01 Å². The molecule has 4 aromatic rings. The van der Waals surface area contributed by atoms with Crippen LogP contribution in [0.15, 0.2) is 75.8 Å². The second-order valence-electron chi connectivity index (χ2n) is 5.47. The molecule has 2 heterocycles. The summed E-state index contributed by atoms with van der Waals surface area (Å²) >= 11 is 0. The molecule has 7 heteroatoms. The van der Waals surface area contributed by atoms with Crippen molar-refractivity contribution in [3.8, 4) is 28.5 Å². The number of hydrogen-bond donors (Lipinski definition) is 2. The number of furan rings is 1. The van der Waals surface area contributed by atoms with Gasteiger partial charge in [-0.1, -0.05) is 29.4 Å². The predicted molar refractivity (Wildman–Crippen MR) is 93.5 cm³/mol. The summed E-state index contributed by atoms with van der Waals surface area (Å²) in [5, 5.41) is 19.8. The number of aromatic nitrogens is 2. The third-order valence-electron chi connectivity index (χ3n) is 3.68. The van der Waals surface area contributed by atoms with E-state index in [0.29, 0.717) is 11.3 Å². The number of anilines is 1. The van der Waals surface area contributed by atoms with Gasteiger partial charge in [-0.25, -0.2) is 0 Å². The molecule has 2 N–H and O–H groups in total. The molecule has 0 fully saturated rings. The molecule has 7 nitrogen and oxygen atoms in total. The van der Waals surface area contributed by atoms with Crippen LogP contribution in [-0.4, -0.2) is 21.2 Å². The lowest BCUT2D eigenvalue weighted by Gasteiger charge is -2.05. The number of carbonyl (C=O) groups is 1. The van der Waals surface area contributed by atoms with Crippen molar-refractivity contribution < 1.29 is 18.7 Å². The van der Waals surface area contributed by atoms with Crippen molar-refractivity contribution >= 4 is 11.9 Å². The zero-order valence-corrected chi connectivity index (χ0v) is 13.4. The molecule has 128 valence electrons. The van der Waals surface area contributed by atoms with Crippen LogP contribution in [-0.2, 0) is 0 Å². The lowest BCUT2D eigenvalue weighted by molar-refractivity contribution is 0.102. The lowest BCUT2D eigenvalue weighted by Crippen LogP contribution is -2.12. The van der Waals surface area contributed by atoms with Crippen LogP contribution in [0.25, 0.3) is 22.8 Å². The zero-order valence-electron chi connectivity index (χ0n) is 13.4. The first-order chi connectivity index (χ1) is 12.7. The van der Waals surface area contributed by atoms with Gasteiger partial charge in [-0.05, 0) is 47.5 Å². The molecule has 26 heavy (non-hydrogen) atoms. The van der Waals surface area contributed by atoms with Gasteiger partial charge in [0.1, 0.15) is 5.75 Å². The van der Waals surface area contributed by atoms with Gasteiger partial charge in [-0.3, -0.25) is 10.1 Å². The van der Waals surface area contributed by atoms with Crippen LogP contribution in [0, 0.1) is 0 Å². The number of nitrogens with one attached hydrogen (secondary N) is 1. The first-order valence-electron chi connectivity index (χ1n) is 7.77. The smallest absolute Gasteiger partial charge is 0.322 e. The Hall–Kier alpha value is -3.87. The van der Waals surface area contributed by atoms with Crippen LogP contribution in [0.5, 0.6) is 5.75 Å². The van der Waals surface area contributed by atoms with Crippen molar-refractivity contribution in [2.45, 2.75) is 0 Å². The summed E-state index contributed by atoms with van der Waals surface area (Å²) in [6.07, 6.45) is 1.49. The van der Waals surface area contributed by atoms with E-state index in [1.54, 1.807) is 48.5 Å². The molecule has 0 radical (unpaired) electrons. The van der Waals surface area contributed by atoms with Gasteiger partial charge < -0.3 is 13.9 Å². The number of phenols is 1. The van der Waals surface area contributed by atoms with E-state index in [4.69, 9.17) is 8.83 Å². The zero-order chi connectivity index (χ0) is 17.9. The molecule has 2 aromatic heterocycles. The van der Waals surface area contributed by atoms with E-state index in [2.05, 4.69) is 15.5 Å². The van der Waals surface area contributed by atoms with Crippen molar-refractivity contribution in [1.29, 1.82) is 0 Å². The van der Waals surface area contributed by atoms with Crippen molar-refractivity contribution in [3.05, 3.63) is 72.5 Å². The Morgan fingerprint density at radius 1 is 0.962 bits per heavy atom. The number of rotatable bonds is 4. The highest BCUT2D eigenvalue weighted by molar-refractivity contribution is 6.03. The number of nitrogens with zero attached hydrogens (tertiary/aromatic N) is 2. The first kappa shape index (κ1) is 15.6. The van der Waals surface area contributed by atoms with E-state index in [0.717, 1.165) is 11.1 Å². The Balaban J connectivity index is 1.54. The van der Waals surface area contributed by atoms with Crippen LogP contribution >= 0.6 is 0 Å². The highest BCUT2D eigenvalue weighted by Crippen LogP contribution is 2.25. The summed E-state index contributed by atoms with van der Waals surface area (Å²) in [6, 6.07) is 17.2. The van der Waals surface area contributed by atoms with Crippen LogP contribution in [0.2, 0.25) is 0 Å². The average Bonchev–Trinajstić information content (AvgIpc) is 3.33. The number of benzene rings is 2. The minimum atomic E-state index is -0.387. The SMILES string of the molecule is O=C(Nc1nnc(-c2ccco2)o1)c1cccc(-c2cccc(O)c2)c1. The van der Waals surface area contributed by atoms with Gasteiger partial charge in [-0.15, -0.1) is 5.10 Å². The third kappa shape index (κ3) is 3.18.